The van der Waals surface area contributed by atoms with Crippen LogP contribution in [0.2, 0.25) is 0 Å². The van der Waals surface area contributed by atoms with E-state index in [1.54, 1.807) is 55.1 Å². The number of anilines is 1. The maximum absolute atomic E-state index is 13.3. The van der Waals surface area contributed by atoms with E-state index < -0.39 is 21.6 Å². The Morgan fingerprint density at radius 1 is 1.07 bits per heavy atom. The van der Waals surface area contributed by atoms with Crippen LogP contribution in [0.25, 0.3) is 11.0 Å². The largest absolute Gasteiger partial charge is 0.507 e. The summed E-state index contributed by atoms with van der Waals surface area (Å²) >= 11 is 0. The quantitative estimate of drug-likeness (QED) is 0.142. The summed E-state index contributed by atoms with van der Waals surface area (Å²) in [6.07, 6.45) is 4.53. The molecular weight excluding hydrogens is 578 g/mol. The number of fused-ring (bicyclic) bond motifs is 1. The van der Waals surface area contributed by atoms with Crippen LogP contribution < -0.4 is 15.1 Å². The molecule has 1 fully saturated rings. The fourth-order valence-electron chi connectivity index (χ4n) is 4.86. The Hall–Kier alpha value is -3.91. The number of methoxy groups -OCH3 is 1. The van der Waals surface area contributed by atoms with Crippen molar-refractivity contribution in [1.29, 1.82) is 0 Å². The lowest BCUT2D eigenvalue weighted by molar-refractivity contribution is 0.0180. The standard InChI is InChI=1S/C30H35N3O9S/c1-33-18-26(31-19-33)43(36,37)32-22-5-3-4-21(16-22)27(20-6-7-20)28-29(34)24-9-8-23(17-25(24)42-30(28)35)41-15-14-40-13-12-39-11-10-38-2/h3-5,8-9,16-20,27,32,34H,6-7,10-15H2,1-2H3. The normalized spacial score (nSPS) is 14.2. The molecule has 0 spiro atoms. The second-order valence-electron chi connectivity index (χ2n) is 10.3. The highest BCUT2D eigenvalue weighted by molar-refractivity contribution is 7.92. The van der Waals surface area contributed by atoms with Crippen molar-refractivity contribution in [3.05, 3.63) is 76.5 Å². The van der Waals surface area contributed by atoms with E-state index in [4.69, 9.17) is 23.4 Å². The SMILES string of the molecule is COCCOCCOCCOc1ccc2c(O)c(C(c3cccc(NS(=O)(=O)c4cn(C)cn4)c3)C3CC3)c(=O)oc2c1. The fourth-order valence-corrected chi connectivity index (χ4v) is 5.89. The van der Waals surface area contributed by atoms with Gasteiger partial charge in [-0.2, -0.15) is 8.42 Å². The van der Waals surface area contributed by atoms with Gasteiger partial charge in [0.05, 0.1) is 50.3 Å². The van der Waals surface area contributed by atoms with Crippen LogP contribution in [-0.2, 0) is 31.3 Å². The van der Waals surface area contributed by atoms with Crippen LogP contribution in [0.4, 0.5) is 5.69 Å². The molecule has 0 aliphatic heterocycles. The first-order valence-electron chi connectivity index (χ1n) is 13.9. The molecule has 1 aliphatic carbocycles. The number of nitrogens with one attached hydrogen (secondary N) is 1. The van der Waals surface area contributed by atoms with Gasteiger partial charge in [0.1, 0.15) is 23.7 Å². The third kappa shape index (κ3) is 7.54. The Labute approximate surface area is 249 Å². The molecule has 2 aromatic carbocycles. The van der Waals surface area contributed by atoms with Crippen molar-refractivity contribution < 1.29 is 36.9 Å². The highest BCUT2D eigenvalue weighted by Crippen LogP contribution is 2.49. The molecule has 0 saturated heterocycles. The van der Waals surface area contributed by atoms with Crippen LogP contribution in [-0.4, -0.2) is 69.8 Å². The summed E-state index contributed by atoms with van der Waals surface area (Å²) < 4.78 is 56.9. The molecule has 13 heteroatoms. The van der Waals surface area contributed by atoms with Gasteiger partial charge in [0.15, 0.2) is 5.03 Å². The lowest BCUT2D eigenvalue weighted by Gasteiger charge is -2.19. The van der Waals surface area contributed by atoms with E-state index in [0.29, 0.717) is 55.4 Å². The molecule has 230 valence electrons. The highest BCUT2D eigenvalue weighted by atomic mass is 32.2. The van der Waals surface area contributed by atoms with Crippen LogP contribution in [0.1, 0.15) is 29.9 Å². The second-order valence-corrected chi connectivity index (χ2v) is 11.9. The smallest absolute Gasteiger partial charge is 0.343 e. The number of nitrogens with zero attached hydrogens (tertiary/aromatic N) is 2. The van der Waals surface area contributed by atoms with Gasteiger partial charge in [-0.05, 0) is 48.6 Å². The van der Waals surface area contributed by atoms with Crippen molar-refractivity contribution in [3.63, 3.8) is 0 Å². The number of aromatic nitrogens is 2. The predicted molar refractivity (Wildman–Crippen MR) is 158 cm³/mol. The zero-order valence-corrected chi connectivity index (χ0v) is 24.8. The molecule has 0 radical (unpaired) electrons. The molecule has 43 heavy (non-hydrogen) atoms. The number of ether oxygens (including phenoxy) is 4. The molecule has 1 atom stereocenters. The molecule has 0 amide bonds. The molecule has 12 nitrogen and oxygen atoms in total. The average molecular weight is 614 g/mol. The highest BCUT2D eigenvalue weighted by Gasteiger charge is 2.38. The van der Waals surface area contributed by atoms with Crippen LogP contribution >= 0.6 is 0 Å². The van der Waals surface area contributed by atoms with Gasteiger partial charge in [-0.25, -0.2) is 9.78 Å². The van der Waals surface area contributed by atoms with E-state index in [9.17, 15) is 18.3 Å². The summed E-state index contributed by atoms with van der Waals surface area (Å²) in [7, 11) is -0.614. The number of benzene rings is 2. The van der Waals surface area contributed by atoms with Crippen LogP contribution in [0.5, 0.6) is 11.5 Å². The molecule has 5 rings (SSSR count). The number of hydrogen-bond donors (Lipinski definition) is 2. The summed E-state index contributed by atoms with van der Waals surface area (Å²) in [5.74, 6) is -0.0752. The van der Waals surface area contributed by atoms with Crippen molar-refractivity contribution in [1.82, 2.24) is 9.55 Å². The Bertz CT molecular complexity index is 1710. The monoisotopic (exact) mass is 613 g/mol. The summed E-state index contributed by atoms with van der Waals surface area (Å²) in [5.41, 5.74) is 0.699. The van der Waals surface area contributed by atoms with Gasteiger partial charge in [0, 0.05) is 38.0 Å². The molecular formula is C30H35N3O9S. The second kappa shape index (κ2) is 13.6. The minimum atomic E-state index is -3.91. The van der Waals surface area contributed by atoms with Crippen LogP contribution in [0, 0.1) is 5.92 Å². The van der Waals surface area contributed by atoms with E-state index >= 15 is 0 Å². The lowest BCUT2D eigenvalue weighted by atomic mass is 9.86. The Morgan fingerprint density at radius 2 is 1.81 bits per heavy atom. The number of aryl methyl sites for hydroxylation is 1. The maximum Gasteiger partial charge on any atom is 0.343 e. The molecule has 1 saturated carbocycles. The molecule has 2 N–H and O–H groups in total. The van der Waals surface area contributed by atoms with Crippen molar-refractivity contribution in [2.75, 3.05) is 51.5 Å². The summed E-state index contributed by atoms with van der Waals surface area (Å²) in [4.78, 5) is 17.2. The minimum absolute atomic E-state index is 0.0990. The first kappa shape index (κ1) is 30.5. The first-order chi connectivity index (χ1) is 20.8. The number of hydrogen-bond acceptors (Lipinski definition) is 10. The van der Waals surface area contributed by atoms with Gasteiger partial charge in [0.2, 0.25) is 0 Å². The number of imidazole rings is 1. The molecule has 1 aliphatic rings. The Balaban J connectivity index is 1.31. The number of sulfonamides is 1. The van der Waals surface area contributed by atoms with Gasteiger partial charge in [-0.1, -0.05) is 12.1 Å². The van der Waals surface area contributed by atoms with Crippen molar-refractivity contribution in [3.8, 4) is 11.5 Å². The molecule has 1 unspecified atom stereocenters. The Morgan fingerprint density at radius 3 is 2.51 bits per heavy atom. The van der Waals surface area contributed by atoms with Gasteiger partial charge >= 0.3 is 5.63 Å². The maximum atomic E-state index is 13.3. The summed E-state index contributed by atoms with van der Waals surface area (Å²) in [6.45, 7) is 2.55. The van der Waals surface area contributed by atoms with Gasteiger partial charge in [-0.15, -0.1) is 0 Å². The van der Waals surface area contributed by atoms with E-state index in [1.807, 2.05) is 6.07 Å². The summed E-state index contributed by atoms with van der Waals surface area (Å²) in [5, 5.41) is 11.6. The molecule has 4 aromatic rings. The zero-order chi connectivity index (χ0) is 30.4. The number of aromatic hydroxyl groups is 1. The Kier molecular flexibility index (Phi) is 9.65. The van der Waals surface area contributed by atoms with E-state index in [1.165, 1.54) is 12.5 Å². The third-order valence-electron chi connectivity index (χ3n) is 7.04. The minimum Gasteiger partial charge on any atom is -0.507 e. The first-order valence-corrected chi connectivity index (χ1v) is 15.4. The molecule has 0 bridgehead atoms. The fraction of sp³-hybridized carbons (Fsp3) is 0.400. The van der Waals surface area contributed by atoms with Crippen molar-refractivity contribution in [2.45, 2.75) is 23.8 Å². The third-order valence-corrected chi connectivity index (χ3v) is 8.31. The molecule has 2 aromatic heterocycles. The topological polar surface area (TPSA) is 151 Å². The van der Waals surface area contributed by atoms with E-state index in [2.05, 4.69) is 9.71 Å². The number of rotatable bonds is 16. The van der Waals surface area contributed by atoms with Gasteiger partial charge in [0.25, 0.3) is 10.0 Å². The summed E-state index contributed by atoms with van der Waals surface area (Å²) in [6, 6.07) is 11.7. The van der Waals surface area contributed by atoms with Crippen LogP contribution in [0.3, 0.4) is 0 Å². The van der Waals surface area contributed by atoms with Crippen LogP contribution in [0.15, 0.2) is 69.2 Å². The average Bonchev–Trinajstić information content (AvgIpc) is 3.71. The zero-order valence-electron chi connectivity index (χ0n) is 24.0. The van der Waals surface area contributed by atoms with Gasteiger partial charge < -0.3 is 33.0 Å². The van der Waals surface area contributed by atoms with Gasteiger partial charge in [-0.3, -0.25) is 4.72 Å². The van der Waals surface area contributed by atoms with E-state index in [0.717, 1.165) is 12.8 Å². The predicted octanol–water partition coefficient (Wildman–Crippen LogP) is 3.63. The van der Waals surface area contributed by atoms with Crippen molar-refractivity contribution >= 4 is 26.7 Å². The van der Waals surface area contributed by atoms with Crippen molar-refractivity contribution in [2.24, 2.45) is 13.0 Å². The van der Waals surface area contributed by atoms with E-state index in [-0.39, 0.29) is 34.4 Å². The lowest BCUT2D eigenvalue weighted by Crippen LogP contribution is -2.17. The molecule has 2 heterocycles.